The fourth-order valence-corrected chi connectivity index (χ4v) is 6.88. The summed E-state index contributed by atoms with van der Waals surface area (Å²) in [5, 5.41) is 0. The highest BCUT2D eigenvalue weighted by atomic mass is 19.4. The molecular weight excluding hydrogens is 605 g/mol. The number of nitrogens with zero attached hydrogens (tertiary/aromatic N) is 3. The molecule has 3 aromatic carbocycles. The van der Waals surface area contributed by atoms with Gasteiger partial charge in [-0.05, 0) is 54.4 Å². The Kier molecular flexibility index (Phi) is 9.26. The molecule has 3 fully saturated rings. The van der Waals surface area contributed by atoms with Crippen molar-refractivity contribution < 1.29 is 27.4 Å². The van der Waals surface area contributed by atoms with E-state index >= 15 is 0 Å². The number of nitrogen functional groups attached to an aromatic ring is 1. The lowest BCUT2D eigenvalue weighted by atomic mass is 9.89. The van der Waals surface area contributed by atoms with Crippen molar-refractivity contribution in [2.45, 2.75) is 63.1 Å². The molecule has 1 amide bonds. The van der Waals surface area contributed by atoms with E-state index in [0.29, 0.717) is 44.7 Å². The third kappa shape index (κ3) is 7.45. The molecule has 0 radical (unpaired) electrons. The predicted molar refractivity (Wildman–Crippen MR) is 175 cm³/mol. The molecule has 0 saturated carbocycles. The lowest BCUT2D eigenvalue weighted by Crippen LogP contribution is -2.47. The molecule has 7 nitrogen and oxygen atoms in total. The highest BCUT2D eigenvalue weighted by Gasteiger charge is 2.47. The average molecular weight is 647 g/mol. The number of carbonyl (C=O) groups excluding carboxylic acids is 1. The van der Waals surface area contributed by atoms with Gasteiger partial charge in [-0.1, -0.05) is 43.0 Å². The van der Waals surface area contributed by atoms with Crippen LogP contribution in [0.25, 0.3) is 5.70 Å². The second kappa shape index (κ2) is 13.4. The number of carbonyl (C=O) groups is 1. The van der Waals surface area contributed by atoms with E-state index in [1.165, 1.54) is 0 Å². The minimum atomic E-state index is -4.35. The van der Waals surface area contributed by atoms with Gasteiger partial charge in [0.15, 0.2) is 0 Å². The van der Waals surface area contributed by atoms with Crippen molar-refractivity contribution in [3.05, 3.63) is 107 Å². The Morgan fingerprint density at radius 2 is 1.64 bits per heavy atom. The fourth-order valence-electron chi connectivity index (χ4n) is 6.88. The number of piperidine rings is 2. The van der Waals surface area contributed by atoms with Crippen LogP contribution in [-0.4, -0.2) is 65.2 Å². The smallest absolute Gasteiger partial charge is 0.416 e. The molecule has 6 rings (SSSR count). The first-order valence-corrected chi connectivity index (χ1v) is 16.2. The van der Waals surface area contributed by atoms with Gasteiger partial charge in [-0.2, -0.15) is 13.2 Å². The molecule has 1 unspecified atom stereocenters. The Labute approximate surface area is 274 Å². The Bertz CT molecular complexity index is 1590. The Hall–Kier alpha value is -4.40. The number of ether oxygens (including phenoxy) is 2. The maximum atomic E-state index is 13.0. The van der Waals surface area contributed by atoms with Gasteiger partial charge < -0.3 is 20.1 Å². The molecule has 3 aromatic rings. The molecule has 2 N–H and O–H groups in total. The van der Waals surface area contributed by atoms with Gasteiger partial charge in [-0.25, -0.2) is 4.79 Å². The fraction of sp³-hybridized carbons (Fsp3) is 0.405. The zero-order chi connectivity index (χ0) is 33.2. The van der Waals surface area contributed by atoms with Gasteiger partial charge in [0.2, 0.25) is 0 Å². The zero-order valence-electron chi connectivity index (χ0n) is 26.6. The number of hydrogen-bond acceptors (Lipinski definition) is 6. The summed E-state index contributed by atoms with van der Waals surface area (Å²) in [7, 11) is 0. The van der Waals surface area contributed by atoms with Crippen molar-refractivity contribution >= 4 is 17.5 Å². The maximum absolute atomic E-state index is 13.0. The molecule has 3 saturated heterocycles. The topological polar surface area (TPSA) is 71.3 Å². The van der Waals surface area contributed by atoms with Gasteiger partial charge in [-0.15, -0.1) is 5.73 Å². The second-order valence-corrected chi connectivity index (χ2v) is 12.8. The summed E-state index contributed by atoms with van der Waals surface area (Å²) >= 11 is 0. The van der Waals surface area contributed by atoms with Crippen LogP contribution in [0, 0.1) is 0 Å². The summed E-state index contributed by atoms with van der Waals surface area (Å²) in [6.45, 7) is 9.98. The SMILES string of the molecule is C=C=C(c1ccc(CN2CC3(CCN(C(C)c4ccc(C(F)(F)F)cc4)CC3)OC2=O)cc1)N1CCC(Oc2ccc(N)cc2)CC1. The Morgan fingerprint density at radius 3 is 2.23 bits per heavy atom. The highest BCUT2D eigenvalue weighted by Crippen LogP contribution is 2.37. The second-order valence-electron chi connectivity index (χ2n) is 12.8. The summed E-state index contributed by atoms with van der Waals surface area (Å²) in [5.41, 5.74) is 12.3. The van der Waals surface area contributed by atoms with E-state index in [9.17, 15) is 18.0 Å². The standard InChI is InChI=1S/C37H41F3N4O3/c1-3-34(43-20-16-33(17-21-43)46-32-14-12-31(41)13-15-32)29-6-4-27(5-7-29)24-44-25-36(47-35(44)45)18-22-42(23-19-36)26(2)28-8-10-30(11-9-28)37(38,39)40/h4-15,26,33H,1,16-25,41H2,2H3. The number of anilines is 1. The number of amides is 1. The molecule has 3 aliphatic rings. The van der Waals surface area contributed by atoms with E-state index in [0.717, 1.165) is 66.2 Å². The van der Waals surface area contributed by atoms with Crippen molar-refractivity contribution in [2.75, 3.05) is 38.5 Å². The maximum Gasteiger partial charge on any atom is 0.416 e. The van der Waals surface area contributed by atoms with Crippen LogP contribution in [-0.2, 0) is 17.5 Å². The van der Waals surface area contributed by atoms with Crippen molar-refractivity contribution in [1.29, 1.82) is 0 Å². The van der Waals surface area contributed by atoms with Gasteiger partial charge in [0.05, 0.1) is 17.8 Å². The van der Waals surface area contributed by atoms with Gasteiger partial charge in [-0.3, -0.25) is 9.80 Å². The third-order valence-corrected chi connectivity index (χ3v) is 9.73. The predicted octanol–water partition coefficient (Wildman–Crippen LogP) is 7.50. The van der Waals surface area contributed by atoms with Crippen LogP contribution in [0.2, 0.25) is 0 Å². The first kappa shape index (κ1) is 32.5. The highest BCUT2D eigenvalue weighted by molar-refractivity contribution is 5.71. The monoisotopic (exact) mass is 646 g/mol. The summed E-state index contributed by atoms with van der Waals surface area (Å²) in [4.78, 5) is 19.2. The normalized spacial score (nSPS) is 19.4. The van der Waals surface area contributed by atoms with Gasteiger partial charge in [0.25, 0.3) is 0 Å². The van der Waals surface area contributed by atoms with Gasteiger partial charge >= 0.3 is 12.3 Å². The molecule has 1 atom stereocenters. The minimum absolute atomic E-state index is 0.0369. The lowest BCUT2D eigenvalue weighted by Gasteiger charge is -2.40. The van der Waals surface area contributed by atoms with Crippen molar-refractivity contribution in [3.8, 4) is 5.75 Å². The van der Waals surface area contributed by atoms with Gasteiger partial charge in [0.1, 0.15) is 17.5 Å². The van der Waals surface area contributed by atoms with Gasteiger partial charge in [0, 0.05) is 75.7 Å². The first-order valence-electron chi connectivity index (χ1n) is 16.2. The van der Waals surface area contributed by atoms with Crippen molar-refractivity contribution in [1.82, 2.24) is 14.7 Å². The Balaban J connectivity index is 0.994. The molecule has 0 aromatic heterocycles. The molecule has 3 aliphatic heterocycles. The number of nitrogens with two attached hydrogens (primary N) is 1. The van der Waals surface area contributed by atoms with Crippen LogP contribution in [0.5, 0.6) is 5.75 Å². The molecule has 1 spiro atoms. The van der Waals surface area contributed by atoms with Crippen molar-refractivity contribution in [2.24, 2.45) is 0 Å². The van der Waals surface area contributed by atoms with E-state index < -0.39 is 17.3 Å². The first-order chi connectivity index (χ1) is 22.5. The quantitative estimate of drug-likeness (QED) is 0.202. The number of rotatable bonds is 8. The summed E-state index contributed by atoms with van der Waals surface area (Å²) in [6.07, 6.45) is -1.40. The molecular formula is C37H41F3N4O3. The summed E-state index contributed by atoms with van der Waals surface area (Å²) in [5.74, 6) is 0.831. The number of likely N-dealkylation sites (tertiary alicyclic amines) is 2. The van der Waals surface area contributed by atoms with E-state index in [1.807, 2.05) is 43.3 Å². The molecule has 3 heterocycles. The van der Waals surface area contributed by atoms with Crippen LogP contribution in [0.15, 0.2) is 85.1 Å². The summed E-state index contributed by atoms with van der Waals surface area (Å²) < 4.78 is 51.1. The summed E-state index contributed by atoms with van der Waals surface area (Å²) in [6, 6.07) is 21.0. The number of benzene rings is 3. The lowest BCUT2D eigenvalue weighted by molar-refractivity contribution is -0.137. The van der Waals surface area contributed by atoms with Crippen LogP contribution in [0.3, 0.4) is 0 Å². The Morgan fingerprint density at radius 1 is 1.00 bits per heavy atom. The molecule has 0 bridgehead atoms. The molecule has 47 heavy (non-hydrogen) atoms. The van der Waals surface area contributed by atoms with Crippen LogP contribution >= 0.6 is 0 Å². The van der Waals surface area contributed by atoms with E-state index in [1.54, 1.807) is 17.0 Å². The molecule has 0 aliphatic carbocycles. The average Bonchev–Trinajstić information content (AvgIpc) is 3.37. The van der Waals surface area contributed by atoms with E-state index in [-0.39, 0.29) is 18.2 Å². The van der Waals surface area contributed by atoms with Crippen LogP contribution in [0.4, 0.5) is 23.7 Å². The third-order valence-electron chi connectivity index (χ3n) is 9.73. The zero-order valence-corrected chi connectivity index (χ0v) is 26.6. The largest absolute Gasteiger partial charge is 0.490 e. The molecule has 248 valence electrons. The number of halogens is 3. The number of hydrogen-bond donors (Lipinski definition) is 1. The van der Waals surface area contributed by atoms with Crippen molar-refractivity contribution in [3.63, 3.8) is 0 Å². The van der Waals surface area contributed by atoms with Crippen LogP contribution < -0.4 is 10.5 Å². The van der Waals surface area contributed by atoms with Crippen LogP contribution in [0.1, 0.15) is 60.9 Å². The number of alkyl halides is 3. The minimum Gasteiger partial charge on any atom is -0.490 e. The van der Waals surface area contributed by atoms with E-state index in [4.69, 9.17) is 15.2 Å². The molecule has 10 heteroatoms. The van der Waals surface area contributed by atoms with E-state index in [2.05, 4.69) is 34.2 Å².